The molecule has 0 aliphatic heterocycles. The van der Waals surface area contributed by atoms with Crippen LogP contribution in [0.2, 0.25) is 10.0 Å². The third-order valence-electron chi connectivity index (χ3n) is 2.77. The van der Waals surface area contributed by atoms with Crippen LogP contribution in [0.3, 0.4) is 0 Å². The van der Waals surface area contributed by atoms with Crippen LogP contribution in [0.15, 0.2) is 51.8 Å². The second-order valence-corrected chi connectivity index (χ2v) is 7.90. The van der Waals surface area contributed by atoms with Crippen molar-refractivity contribution in [2.75, 3.05) is 11.9 Å². The highest BCUT2D eigenvalue weighted by molar-refractivity contribution is 9.10. The largest absolute Gasteiger partial charge is 0.324 e. The normalized spacial score (nSPS) is 11.3. The first-order chi connectivity index (χ1) is 10.8. The summed E-state index contributed by atoms with van der Waals surface area (Å²) in [7, 11) is -3.77. The molecule has 0 atom stereocenters. The van der Waals surface area contributed by atoms with E-state index in [-0.39, 0.29) is 9.92 Å². The molecule has 0 aromatic heterocycles. The lowest BCUT2D eigenvalue weighted by Gasteiger charge is -2.09. The average molecular weight is 438 g/mol. The topological polar surface area (TPSA) is 75.3 Å². The molecular formula is C14H11BrCl2N2O3S. The second kappa shape index (κ2) is 7.63. The summed E-state index contributed by atoms with van der Waals surface area (Å²) < 4.78 is 27.1. The molecule has 2 aromatic carbocycles. The zero-order valence-electron chi connectivity index (χ0n) is 11.5. The lowest BCUT2D eigenvalue weighted by atomic mass is 10.3. The van der Waals surface area contributed by atoms with Crippen LogP contribution in [-0.4, -0.2) is 20.9 Å². The Hall–Kier alpha value is -1.12. The molecule has 0 saturated carbocycles. The third kappa shape index (κ3) is 4.92. The Kier molecular flexibility index (Phi) is 6.05. The molecule has 2 N–H and O–H groups in total. The van der Waals surface area contributed by atoms with Gasteiger partial charge in [0.15, 0.2) is 0 Å². The zero-order valence-corrected chi connectivity index (χ0v) is 15.4. The summed E-state index contributed by atoms with van der Waals surface area (Å²) in [5, 5.41) is 2.98. The number of benzene rings is 2. The van der Waals surface area contributed by atoms with Crippen molar-refractivity contribution in [1.82, 2.24) is 4.72 Å². The minimum atomic E-state index is -3.77. The van der Waals surface area contributed by atoms with Gasteiger partial charge < -0.3 is 5.32 Å². The molecule has 0 bridgehead atoms. The molecule has 0 spiro atoms. The van der Waals surface area contributed by atoms with Gasteiger partial charge in [0.05, 0.1) is 27.2 Å². The minimum Gasteiger partial charge on any atom is -0.324 e. The fourth-order valence-corrected chi connectivity index (χ4v) is 3.25. The van der Waals surface area contributed by atoms with Gasteiger partial charge >= 0.3 is 0 Å². The molecule has 0 aliphatic rings. The number of hydrogen-bond acceptors (Lipinski definition) is 3. The van der Waals surface area contributed by atoms with E-state index >= 15 is 0 Å². The molecule has 5 nitrogen and oxygen atoms in total. The summed E-state index contributed by atoms with van der Waals surface area (Å²) in [5.41, 5.74) is 0.312. The summed E-state index contributed by atoms with van der Waals surface area (Å²) in [6.45, 7) is -0.429. The van der Waals surface area contributed by atoms with Crippen molar-refractivity contribution in [1.29, 1.82) is 0 Å². The molecular weight excluding hydrogens is 427 g/mol. The number of sulfonamides is 1. The van der Waals surface area contributed by atoms with E-state index in [1.165, 1.54) is 12.1 Å². The highest BCUT2D eigenvalue weighted by atomic mass is 79.9. The summed E-state index contributed by atoms with van der Waals surface area (Å²) in [6.07, 6.45) is 0. The first-order valence-corrected chi connectivity index (χ1v) is 9.32. The van der Waals surface area contributed by atoms with Crippen LogP contribution in [0, 0.1) is 0 Å². The molecule has 0 unspecified atom stereocenters. The van der Waals surface area contributed by atoms with E-state index in [1.54, 1.807) is 30.3 Å². The van der Waals surface area contributed by atoms with Gasteiger partial charge in [-0.1, -0.05) is 45.2 Å². The van der Waals surface area contributed by atoms with E-state index in [9.17, 15) is 13.2 Å². The Bertz CT molecular complexity index is 826. The van der Waals surface area contributed by atoms with Gasteiger partial charge in [-0.2, -0.15) is 0 Å². The van der Waals surface area contributed by atoms with E-state index in [1.807, 2.05) is 0 Å². The van der Waals surface area contributed by atoms with Gasteiger partial charge in [-0.05, 0) is 36.4 Å². The maximum Gasteiger partial charge on any atom is 0.241 e. The predicted octanol–water partition coefficient (Wildman–Crippen LogP) is 3.67. The van der Waals surface area contributed by atoms with Gasteiger partial charge in [-0.15, -0.1) is 0 Å². The standard InChI is InChI=1S/C14H11BrCl2N2O3S/c15-9-4-6-10(7-5-9)23(21,22)18-8-13(20)19-12-3-1-2-11(16)14(12)17/h1-7,18H,8H2,(H,19,20). The van der Waals surface area contributed by atoms with Crippen LogP contribution < -0.4 is 10.0 Å². The first kappa shape index (κ1) is 18.2. The highest BCUT2D eigenvalue weighted by Gasteiger charge is 2.16. The smallest absolute Gasteiger partial charge is 0.241 e. The number of anilines is 1. The fraction of sp³-hybridized carbons (Fsp3) is 0.0714. The first-order valence-electron chi connectivity index (χ1n) is 6.29. The second-order valence-electron chi connectivity index (χ2n) is 4.43. The SMILES string of the molecule is O=C(CNS(=O)(=O)c1ccc(Br)cc1)Nc1cccc(Cl)c1Cl. The van der Waals surface area contributed by atoms with Crippen molar-refractivity contribution >= 4 is 60.7 Å². The molecule has 2 aromatic rings. The van der Waals surface area contributed by atoms with E-state index in [0.29, 0.717) is 10.7 Å². The number of amides is 1. The highest BCUT2D eigenvalue weighted by Crippen LogP contribution is 2.29. The number of hydrogen-bond donors (Lipinski definition) is 2. The van der Waals surface area contributed by atoms with Gasteiger partial charge in [0, 0.05) is 4.47 Å². The van der Waals surface area contributed by atoms with Crippen LogP contribution in [0.25, 0.3) is 0 Å². The molecule has 1 amide bonds. The Morgan fingerprint density at radius 1 is 1.09 bits per heavy atom. The Labute approximate surface area is 152 Å². The van der Waals surface area contributed by atoms with Gasteiger partial charge in [0.1, 0.15) is 0 Å². The van der Waals surface area contributed by atoms with Crippen molar-refractivity contribution in [2.45, 2.75) is 4.90 Å². The molecule has 122 valence electrons. The number of carbonyl (C=O) groups is 1. The average Bonchev–Trinajstić information content (AvgIpc) is 2.50. The van der Waals surface area contributed by atoms with Crippen LogP contribution in [0.1, 0.15) is 0 Å². The van der Waals surface area contributed by atoms with Crippen molar-refractivity contribution in [3.05, 3.63) is 57.0 Å². The lowest BCUT2D eigenvalue weighted by molar-refractivity contribution is -0.115. The van der Waals surface area contributed by atoms with E-state index in [2.05, 4.69) is 26.0 Å². The molecule has 23 heavy (non-hydrogen) atoms. The maximum atomic E-state index is 12.1. The zero-order chi connectivity index (χ0) is 17.0. The molecule has 0 heterocycles. The van der Waals surface area contributed by atoms with Crippen LogP contribution >= 0.6 is 39.1 Å². The number of carbonyl (C=O) groups excluding carboxylic acids is 1. The Morgan fingerprint density at radius 3 is 2.39 bits per heavy atom. The molecule has 0 radical (unpaired) electrons. The van der Waals surface area contributed by atoms with Crippen LogP contribution in [-0.2, 0) is 14.8 Å². The van der Waals surface area contributed by atoms with Crippen LogP contribution in [0.5, 0.6) is 0 Å². The van der Waals surface area contributed by atoms with E-state index in [0.717, 1.165) is 4.47 Å². The summed E-state index contributed by atoms with van der Waals surface area (Å²) in [5.74, 6) is -0.560. The van der Waals surface area contributed by atoms with E-state index in [4.69, 9.17) is 23.2 Å². The molecule has 9 heteroatoms. The maximum absolute atomic E-state index is 12.1. The molecule has 2 rings (SSSR count). The predicted molar refractivity (Wildman–Crippen MR) is 94.4 cm³/mol. The molecule has 0 saturated heterocycles. The summed E-state index contributed by atoms with van der Waals surface area (Å²) >= 11 is 15.0. The summed E-state index contributed by atoms with van der Waals surface area (Å²) in [6, 6.07) is 10.8. The Balaban J connectivity index is 2.01. The van der Waals surface area contributed by atoms with Crippen molar-refractivity contribution in [3.8, 4) is 0 Å². The van der Waals surface area contributed by atoms with E-state index < -0.39 is 22.5 Å². The quantitative estimate of drug-likeness (QED) is 0.749. The van der Waals surface area contributed by atoms with Crippen molar-refractivity contribution in [2.24, 2.45) is 0 Å². The molecule has 0 aliphatic carbocycles. The lowest BCUT2D eigenvalue weighted by Crippen LogP contribution is -2.32. The number of rotatable bonds is 5. The van der Waals surface area contributed by atoms with Crippen molar-refractivity contribution in [3.63, 3.8) is 0 Å². The fourth-order valence-electron chi connectivity index (χ4n) is 1.65. The van der Waals surface area contributed by atoms with Gasteiger partial charge in [0.25, 0.3) is 0 Å². The van der Waals surface area contributed by atoms with Crippen LogP contribution in [0.4, 0.5) is 5.69 Å². The van der Waals surface area contributed by atoms with Crippen molar-refractivity contribution < 1.29 is 13.2 Å². The van der Waals surface area contributed by atoms with Gasteiger partial charge in [-0.3, -0.25) is 4.79 Å². The number of halogens is 3. The minimum absolute atomic E-state index is 0.0642. The molecule has 0 fully saturated rings. The van der Waals surface area contributed by atoms with Gasteiger partial charge in [-0.25, -0.2) is 13.1 Å². The van der Waals surface area contributed by atoms with Gasteiger partial charge in [0.2, 0.25) is 15.9 Å². The summed E-state index contributed by atoms with van der Waals surface area (Å²) in [4.78, 5) is 11.9. The third-order valence-corrected chi connectivity index (χ3v) is 5.54. The Morgan fingerprint density at radius 2 is 1.74 bits per heavy atom. The number of nitrogens with one attached hydrogen (secondary N) is 2. The monoisotopic (exact) mass is 436 g/mol.